The van der Waals surface area contributed by atoms with Crippen molar-refractivity contribution >= 4 is 5.97 Å². The Hall–Kier alpha value is -1.35. The van der Waals surface area contributed by atoms with Gasteiger partial charge in [-0.3, -0.25) is 5.32 Å². The molecule has 1 aromatic carbocycles. The fraction of sp³-hybridized carbons (Fsp3) is 0.533. The molecule has 0 aliphatic heterocycles. The van der Waals surface area contributed by atoms with Crippen molar-refractivity contribution in [1.29, 1.82) is 0 Å². The van der Waals surface area contributed by atoms with E-state index in [0.717, 1.165) is 18.4 Å². The number of hydrogen-bond acceptors (Lipinski definition) is 3. The Morgan fingerprint density at radius 3 is 2.50 bits per heavy atom. The molecule has 0 amide bonds. The first kappa shape index (κ1) is 13.1. The summed E-state index contributed by atoms with van der Waals surface area (Å²) in [7, 11) is 0. The molecule has 0 heterocycles. The lowest BCUT2D eigenvalue weighted by molar-refractivity contribution is -0.151. The van der Waals surface area contributed by atoms with Crippen molar-refractivity contribution in [1.82, 2.24) is 5.32 Å². The van der Waals surface area contributed by atoms with Gasteiger partial charge in [-0.1, -0.05) is 29.8 Å². The van der Waals surface area contributed by atoms with Gasteiger partial charge >= 0.3 is 5.97 Å². The van der Waals surface area contributed by atoms with Crippen LogP contribution in [-0.4, -0.2) is 18.6 Å². The van der Waals surface area contributed by atoms with Crippen LogP contribution in [0.5, 0.6) is 0 Å². The summed E-state index contributed by atoms with van der Waals surface area (Å²) in [5, 5.41) is 3.41. The number of carbonyl (C=O) groups excluding carboxylic acids is 1. The van der Waals surface area contributed by atoms with E-state index in [1.807, 2.05) is 45.0 Å². The number of benzene rings is 1. The van der Waals surface area contributed by atoms with Gasteiger partial charge < -0.3 is 4.74 Å². The van der Waals surface area contributed by atoms with Gasteiger partial charge in [0.1, 0.15) is 5.54 Å². The summed E-state index contributed by atoms with van der Waals surface area (Å²) in [5.41, 5.74) is 1.43. The van der Waals surface area contributed by atoms with Gasteiger partial charge in [0, 0.05) is 6.04 Å². The molecule has 0 radical (unpaired) electrons. The van der Waals surface area contributed by atoms with Crippen molar-refractivity contribution in [3.63, 3.8) is 0 Å². The number of hydrogen-bond donors (Lipinski definition) is 1. The molecule has 18 heavy (non-hydrogen) atoms. The third-order valence-electron chi connectivity index (χ3n) is 3.38. The number of nitrogens with one attached hydrogen (secondary N) is 1. The van der Waals surface area contributed by atoms with Crippen LogP contribution in [0.4, 0.5) is 0 Å². The van der Waals surface area contributed by atoms with E-state index < -0.39 is 5.54 Å². The lowest BCUT2D eigenvalue weighted by atomic mass is 9.91. The zero-order valence-corrected chi connectivity index (χ0v) is 11.3. The van der Waals surface area contributed by atoms with Crippen LogP contribution in [0.2, 0.25) is 0 Å². The highest BCUT2D eigenvalue weighted by molar-refractivity contribution is 5.82. The zero-order chi connectivity index (χ0) is 13.2. The molecule has 3 heteroatoms. The summed E-state index contributed by atoms with van der Waals surface area (Å²) < 4.78 is 5.22. The van der Waals surface area contributed by atoms with Gasteiger partial charge in [-0.2, -0.15) is 0 Å². The number of esters is 1. The highest BCUT2D eigenvalue weighted by Gasteiger charge is 2.41. The second-order valence-corrected chi connectivity index (χ2v) is 5.13. The fourth-order valence-electron chi connectivity index (χ4n) is 2.06. The minimum atomic E-state index is -0.731. The Morgan fingerprint density at radius 2 is 2.00 bits per heavy atom. The average Bonchev–Trinajstić information content (AvgIpc) is 3.14. The molecule has 1 saturated carbocycles. The van der Waals surface area contributed by atoms with Crippen LogP contribution in [-0.2, 0) is 15.1 Å². The molecule has 1 N–H and O–H groups in total. The van der Waals surface area contributed by atoms with Crippen molar-refractivity contribution < 1.29 is 9.53 Å². The van der Waals surface area contributed by atoms with E-state index >= 15 is 0 Å². The monoisotopic (exact) mass is 247 g/mol. The van der Waals surface area contributed by atoms with Gasteiger partial charge in [0.15, 0.2) is 0 Å². The predicted octanol–water partition coefficient (Wildman–Crippen LogP) is 2.53. The van der Waals surface area contributed by atoms with Crippen LogP contribution in [0, 0.1) is 6.92 Å². The van der Waals surface area contributed by atoms with Gasteiger partial charge in [-0.05, 0) is 39.2 Å². The van der Waals surface area contributed by atoms with Crippen molar-refractivity contribution in [2.75, 3.05) is 6.61 Å². The molecule has 1 fully saturated rings. The van der Waals surface area contributed by atoms with Gasteiger partial charge in [0.2, 0.25) is 0 Å². The fourth-order valence-corrected chi connectivity index (χ4v) is 2.06. The van der Waals surface area contributed by atoms with E-state index in [0.29, 0.717) is 12.6 Å². The number of aryl methyl sites for hydroxylation is 1. The van der Waals surface area contributed by atoms with E-state index in [2.05, 4.69) is 5.32 Å². The van der Waals surface area contributed by atoms with E-state index in [1.165, 1.54) is 5.56 Å². The first-order valence-electron chi connectivity index (χ1n) is 6.58. The number of ether oxygens (including phenoxy) is 1. The molecule has 1 atom stereocenters. The maximum absolute atomic E-state index is 12.2. The summed E-state index contributed by atoms with van der Waals surface area (Å²) in [5.74, 6) is -0.194. The van der Waals surface area contributed by atoms with E-state index in [-0.39, 0.29) is 5.97 Å². The molecule has 0 saturated heterocycles. The summed E-state index contributed by atoms with van der Waals surface area (Å²) >= 11 is 0. The van der Waals surface area contributed by atoms with Gasteiger partial charge in [-0.15, -0.1) is 0 Å². The maximum Gasteiger partial charge on any atom is 0.330 e. The van der Waals surface area contributed by atoms with Gasteiger partial charge in [0.05, 0.1) is 6.61 Å². The summed E-state index contributed by atoms with van der Waals surface area (Å²) in [6, 6.07) is 8.51. The van der Waals surface area contributed by atoms with Crippen LogP contribution in [0.25, 0.3) is 0 Å². The van der Waals surface area contributed by atoms with Gasteiger partial charge in [0.25, 0.3) is 0 Å². The molecule has 1 unspecified atom stereocenters. The molecule has 0 spiro atoms. The normalized spacial score (nSPS) is 18.2. The first-order chi connectivity index (χ1) is 8.56. The van der Waals surface area contributed by atoms with Crippen molar-refractivity contribution in [2.24, 2.45) is 0 Å². The quantitative estimate of drug-likeness (QED) is 0.813. The van der Waals surface area contributed by atoms with E-state index in [4.69, 9.17) is 4.74 Å². The van der Waals surface area contributed by atoms with Crippen LogP contribution < -0.4 is 5.32 Å². The minimum absolute atomic E-state index is 0.194. The second-order valence-electron chi connectivity index (χ2n) is 5.13. The third kappa shape index (κ3) is 2.72. The number of carbonyl (C=O) groups is 1. The molecule has 1 aromatic rings. The Kier molecular flexibility index (Phi) is 3.71. The van der Waals surface area contributed by atoms with Crippen LogP contribution in [0.1, 0.15) is 37.8 Å². The maximum atomic E-state index is 12.2. The molecule has 0 aromatic heterocycles. The Bertz CT molecular complexity index is 423. The average molecular weight is 247 g/mol. The molecule has 3 nitrogen and oxygen atoms in total. The molecule has 0 bridgehead atoms. The Morgan fingerprint density at radius 1 is 1.39 bits per heavy atom. The summed E-state index contributed by atoms with van der Waals surface area (Å²) in [6.07, 6.45) is 2.28. The SMILES string of the molecule is CCOC(=O)C(C)(NC1CC1)c1ccc(C)cc1. The Labute approximate surface area is 109 Å². The molecule has 1 aliphatic rings. The topological polar surface area (TPSA) is 38.3 Å². The second kappa shape index (κ2) is 5.11. The van der Waals surface area contributed by atoms with Crippen molar-refractivity contribution in [2.45, 2.75) is 45.2 Å². The lowest BCUT2D eigenvalue weighted by Crippen LogP contribution is -2.48. The molecule has 98 valence electrons. The largest absolute Gasteiger partial charge is 0.464 e. The minimum Gasteiger partial charge on any atom is -0.464 e. The van der Waals surface area contributed by atoms with Crippen LogP contribution >= 0.6 is 0 Å². The smallest absolute Gasteiger partial charge is 0.330 e. The van der Waals surface area contributed by atoms with Gasteiger partial charge in [-0.25, -0.2) is 4.79 Å². The van der Waals surface area contributed by atoms with Crippen molar-refractivity contribution in [3.8, 4) is 0 Å². The number of rotatable bonds is 5. The summed E-state index contributed by atoms with van der Waals surface area (Å²) in [4.78, 5) is 12.2. The summed E-state index contributed by atoms with van der Waals surface area (Å²) in [6.45, 7) is 6.20. The molecule has 2 rings (SSSR count). The van der Waals surface area contributed by atoms with E-state index in [1.54, 1.807) is 0 Å². The van der Waals surface area contributed by atoms with Crippen molar-refractivity contribution in [3.05, 3.63) is 35.4 Å². The first-order valence-corrected chi connectivity index (χ1v) is 6.58. The Balaban J connectivity index is 2.27. The van der Waals surface area contributed by atoms with Crippen LogP contribution in [0.15, 0.2) is 24.3 Å². The highest BCUT2D eigenvalue weighted by Crippen LogP contribution is 2.29. The molecular formula is C15H21NO2. The lowest BCUT2D eigenvalue weighted by Gasteiger charge is -2.29. The van der Waals surface area contributed by atoms with E-state index in [9.17, 15) is 4.79 Å². The highest BCUT2D eigenvalue weighted by atomic mass is 16.5. The third-order valence-corrected chi connectivity index (χ3v) is 3.38. The van der Waals surface area contributed by atoms with Crippen LogP contribution in [0.3, 0.4) is 0 Å². The molecular weight excluding hydrogens is 226 g/mol. The zero-order valence-electron chi connectivity index (χ0n) is 11.3. The standard InChI is InChI=1S/C15H21NO2/c1-4-18-14(17)15(3,16-13-9-10-13)12-7-5-11(2)6-8-12/h5-8,13,16H,4,9-10H2,1-3H3. The predicted molar refractivity (Wildman–Crippen MR) is 71.3 cm³/mol. The molecule has 1 aliphatic carbocycles.